The first-order chi connectivity index (χ1) is 1.41. The number of nitriles is 1. The molecule has 0 aliphatic rings. The summed E-state index contributed by atoms with van der Waals surface area (Å²) in [4.78, 5) is 1.31. The second-order valence-corrected chi connectivity index (χ2v) is 0.278. The molecular formula is CCu2N. The molecule has 1 radical (unpaired) electrons. The van der Waals surface area contributed by atoms with E-state index in [1.807, 2.05) is 0 Å². The molecule has 0 saturated heterocycles. The molecule has 1 nitrogen and oxygen atoms in total. The average molecular weight is 153 g/mol. The Labute approximate surface area is 43.7 Å². The van der Waals surface area contributed by atoms with Crippen molar-refractivity contribution < 1.29 is 33.1 Å². The van der Waals surface area contributed by atoms with Crippen LogP contribution in [0.1, 0.15) is 0 Å². The van der Waals surface area contributed by atoms with Gasteiger partial charge in [0.25, 0.3) is 0 Å². The summed E-state index contributed by atoms with van der Waals surface area (Å²) in [5.41, 5.74) is 0. The summed E-state index contributed by atoms with van der Waals surface area (Å²) in [6, 6.07) is 0. The number of nitrogens with zero attached hydrogens (tertiary/aromatic N) is 1. The first-order valence-corrected chi connectivity index (χ1v) is 0.845. The van der Waals surface area contributed by atoms with E-state index in [9.17, 15) is 0 Å². The molecule has 0 heterocycles. The SMILES string of the molecule is N#[C][Cu].[Cu]. The zero-order valence-corrected chi connectivity index (χ0v) is 3.43. The quantitative estimate of drug-likeness (QED) is 0.450. The van der Waals surface area contributed by atoms with Crippen LogP contribution >= 0.6 is 0 Å². The molecule has 0 saturated carbocycles. The molecule has 0 spiro atoms. The first kappa shape index (κ1) is 8.82. The fourth-order valence-corrected chi connectivity index (χ4v) is 0. The Morgan fingerprint density at radius 2 is 1.75 bits per heavy atom. The van der Waals surface area contributed by atoms with Crippen LogP contribution in [0.25, 0.3) is 0 Å². The predicted octanol–water partition coefficient (Wildman–Crippen LogP) is 0.0118. The fourth-order valence-electron chi connectivity index (χ4n) is 0. The van der Waals surface area contributed by atoms with Gasteiger partial charge in [0.2, 0.25) is 0 Å². The minimum absolute atomic E-state index is 0. The molecule has 3 heteroatoms. The van der Waals surface area contributed by atoms with E-state index in [4.69, 9.17) is 5.26 Å². The van der Waals surface area contributed by atoms with Crippen molar-refractivity contribution in [3.05, 3.63) is 0 Å². The second-order valence-electron chi connectivity index (χ2n) is 0.0674. The third-order valence-electron chi connectivity index (χ3n) is 0. The first-order valence-electron chi connectivity index (χ1n) is 0.374. The van der Waals surface area contributed by atoms with Gasteiger partial charge in [0.1, 0.15) is 0 Å². The molecule has 0 aromatic rings. The molecule has 0 N–H and O–H groups in total. The van der Waals surface area contributed by atoms with Crippen molar-refractivity contribution in [2.45, 2.75) is 0 Å². The van der Waals surface area contributed by atoms with E-state index in [1.54, 1.807) is 0 Å². The van der Waals surface area contributed by atoms with Crippen molar-refractivity contribution in [1.82, 2.24) is 0 Å². The molecule has 4 heavy (non-hydrogen) atoms. The fraction of sp³-hybridized carbons (Fsp3) is 0. The second kappa shape index (κ2) is 9.65. The molecule has 0 aliphatic carbocycles. The molecule has 0 aromatic carbocycles. The zero-order chi connectivity index (χ0) is 2.71. The Kier molecular flexibility index (Phi) is 21.3. The van der Waals surface area contributed by atoms with Crippen LogP contribution in [0, 0.1) is 10.2 Å². The molecule has 0 amide bonds. The summed E-state index contributed by atoms with van der Waals surface area (Å²) < 4.78 is 0. The van der Waals surface area contributed by atoms with Crippen LogP contribution in [-0.4, -0.2) is 0 Å². The third kappa shape index (κ3) is 21.1. The van der Waals surface area contributed by atoms with E-state index in [0.29, 0.717) is 0 Å². The molecule has 0 fully saturated rings. The molecule has 0 aromatic heterocycles. The van der Waals surface area contributed by atoms with E-state index >= 15 is 0 Å². The van der Waals surface area contributed by atoms with Gasteiger partial charge in [0.15, 0.2) is 0 Å². The summed E-state index contributed by atoms with van der Waals surface area (Å²) in [5.74, 6) is 0. The van der Waals surface area contributed by atoms with E-state index in [0.717, 1.165) is 0 Å². The zero-order valence-electron chi connectivity index (χ0n) is 1.55. The van der Waals surface area contributed by atoms with Crippen LogP contribution in [0.4, 0.5) is 0 Å². The Balaban J connectivity index is 0. The Bertz CT molecular complexity index is 27.5. The third-order valence-corrected chi connectivity index (χ3v) is 0. The molecule has 0 aliphatic heterocycles. The van der Waals surface area contributed by atoms with Crippen molar-refractivity contribution >= 4 is 0 Å². The van der Waals surface area contributed by atoms with Gasteiger partial charge in [-0.15, -0.1) is 0 Å². The summed E-state index contributed by atoms with van der Waals surface area (Å²) in [7, 11) is 0. The van der Waals surface area contributed by atoms with E-state index in [-0.39, 0.29) is 17.1 Å². The number of hydrogen-bond acceptors (Lipinski definition) is 1. The maximum absolute atomic E-state index is 7.12. The molecule has 0 atom stereocenters. The molecule has 0 bridgehead atoms. The van der Waals surface area contributed by atoms with Gasteiger partial charge in [-0.05, 0) is 0 Å². The Morgan fingerprint density at radius 3 is 1.75 bits per heavy atom. The summed E-state index contributed by atoms with van der Waals surface area (Å²) in [6.07, 6.45) is 0. The predicted molar refractivity (Wildman–Crippen MR) is 5.61 cm³/mol. The maximum Gasteiger partial charge on any atom is 0 e. The summed E-state index contributed by atoms with van der Waals surface area (Å²) >= 11 is 3.81. The molecular weight excluding hydrogens is 153 g/mol. The Hall–Kier alpha value is 0.529. The standard InChI is InChI=1S/CN.2Cu/c1-2;;. The van der Waals surface area contributed by atoms with Crippen LogP contribution in [0.3, 0.4) is 0 Å². The van der Waals surface area contributed by atoms with E-state index < -0.39 is 0 Å². The minimum Gasteiger partial charge on any atom is 0 e. The largest absolute Gasteiger partial charge is 0 e. The molecule has 0 unspecified atom stereocenters. The minimum atomic E-state index is 0. The maximum atomic E-state index is 7.12. The van der Waals surface area contributed by atoms with Crippen LogP contribution < -0.4 is 0 Å². The van der Waals surface area contributed by atoms with Crippen molar-refractivity contribution in [2.24, 2.45) is 0 Å². The van der Waals surface area contributed by atoms with Gasteiger partial charge in [-0.2, -0.15) is 0 Å². The van der Waals surface area contributed by atoms with E-state index in [2.05, 4.69) is 16.0 Å². The number of hydrogen-bond donors (Lipinski definition) is 0. The normalized spacial score (nSPS) is 2.25. The van der Waals surface area contributed by atoms with E-state index in [1.165, 1.54) is 4.97 Å². The number of rotatable bonds is 0. The van der Waals surface area contributed by atoms with Crippen molar-refractivity contribution in [3.63, 3.8) is 0 Å². The van der Waals surface area contributed by atoms with Gasteiger partial charge in [0.05, 0.1) is 0 Å². The monoisotopic (exact) mass is 152 g/mol. The van der Waals surface area contributed by atoms with Crippen LogP contribution in [0.15, 0.2) is 0 Å². The molecule has 0 rings (SSSR count). The van der Waals surface area contributed by atoms with Gasteiger partial charge in [0, 0.05) is 17.1 Å². The van der Waals surface area contributed by atoms with Crippen LogP contribution in [-0.2, 0) is 33.1 Å². The van der Waals surface area contributed by atoms with Gasteiger partial charge < -0.3 is 0 Å². The smallest absolute Gasteiger partial charge is 0 e. The molecule has 31 valence electrons. The topological polar surface area (TPSA) is 23.8 Å². The van der Waals surface area contributed by atoms with Crippen LogP contribution in [0.2, 0.25) is 0 Å². The summed E-state index contributed by atoms with van der Waals surface area (Å²) in [6.45, 7) is 0. The van der Waals surface area contributed by atoms with Crippen molar-refractivity contribution in [3.8, 4) is 4.97 Å². The van der Waals surface area contributed by atoms with Gasteiger partial charge >= 0.3 is 26.2 Å². The van der Waals surface area contributed by atoms with Gasteiger partial charge in [-0.3, -0.25) is 0 Å². The van der Waals surface area contributed by atoms with Gasteiger partial charge in [-0.25, -0.2) is 0 Å². The summed E-state index contributed by atoms with van der Waals surface area (Å²) in [5, 5.41) is 7.12. The van der Waals surface area contributed by atoms with Crippen LogP contribution in [0.5, 0.6) is 0 Å². The average Bonchev–Trinajstić information content (AvgIpc) is 0.918. The van der Waals surface area contributed by atoms with Crippen molar-refractivity contribution in [1.29, 1.82) is 5.26 Å². The van der Waals surface area contributed by atoms with Gasteiger partial charge in [-0.1, -0.05) is 0 Å². The Morgan fingerprint density at radius 1 is 1.75 bits per heavy atom. The van der Waals surface area contributed by atoms with Crippen molar-refractivity contribution in [2.75, 3.05) is 0 Å².